The first-order valence-corrected chi connectivity index (χ1v) is 26.6. The Bertz CT molecular complexity index is 902. The fraction of sp³-hybridized carbons (Fsp3) is 0.889. The SMILES string of the molecule is CCCCCCCCCCN(CCCCCCCCCC)CCCCOC(CCCN(CCCCCCCCCC)CCCCCCCCCC)Oc1ccc(O)cc1. The summed E-state index contributed by atoms with van der Waals surface area (Å²) >= 11 is 0. The standard InChI is InChI=1S/C54H104N2O3/c1-5-9-13-17-21-25-29-33-45-55(46-34-30-26-22-18-14-10-6-2)49-37-38-51-58-54(59-53-43-41-52(57)42-44-53)40-39-50-56(47-35-31-27-23-19-15-11-7-3)48-36-32-28-24-20-16-12-8-4/h41-44,54,57H,5-40,45-51H2,1-4H3. The molecule has 0 saturated heterocycles. The highest BCUT2D eigenvalue weighted by Crippen LogP contribution is 2.20. The van der Waals surface area contributed by atoms with Crippen LogP contribution < -0.4 is 4.74 Å². The van der Waals surface area contributed by atoms with E-state index in [0.29, 0.717) is 0 Å². The number of rotatable bonds is 48. The Hall–Kier alpha value is -1.30. The monoisotopic (exact) mass is 829 g/mol. The van der Waals surface area contributed by atoms with E-state index in [1.165, 1.54) is 245 Å². The van der Waals surface area contributed by atoms with Gasteiger partial charge < -0.3 is 24.4 Å². The molecule has 1 aromatic carbocycles. The van der Waals surface area contributed by atoms with Crippen LogP contribution in [-0.4, -0.2) is 67.1 Å². The molecular formula is C54H104N2O3. The van der Waals surface area contributed by atoms with Gasteiger partial charge in [-0.25, -0.2) is 0 Å². The predicted molar refractivity (Wildman–Crippen MR) is 260 cm³/mol. The topological polar surface area (TPSA) is 45.2 Å². The van der Waals surface area contributed by atoms with E-state index in [-0.39, 0.29) is 12.0 Å². The minimum absolute atomic E-state index is 0.251. The molecule has 0 saturated carbocycles. The first-order chi connectivity index (χ1) is 29.1. The second-order valence-electron chi connectivity index (χ2n) is 18.3. The summed E-state index contributed by atoms with van der Waals surface area (Å²) in [7, 11) is 0. The Morgan fingerprint density at radius 3 is 1.00 bits per heavy atom. The van der Waals surface area contributed by atoms with Gasteiger partial charge in [0, 0.05) is 6.42 Å². The minimum Gasteiger partial charge on any atom is -0.508 e. The Balaban J connectivity index is 2.63. The molecule has 0 aliphatic carbocycles. The molecule has 5 heteroatoms. The average molecular weight is 829 g/mol. The van der Waals surface area contributed by atoms with E-state index in [0.717, 1.165) is 38.2 Å². The second kappa shape index (κ2) is 44.7. The van der Waals surface area contributed by atoms with Crippen molar-refractivity contribution in [1.82, 2.24) is 9.80 Å². The van der Waals surface area contributed by atoms with E-state index < -0.39 is 0 Å². The molecule has 0 radical (unpaired) electrons. The summed E-state index contributed by atoms with van der Waals surface area (Å²) < 4.78 is 13.0. The second-order valence-corrected chi connectivity index (χ2v) is 18.3. The molecular weight excluding hydrogens is 725 g/mol. The molecule has 1 unspecified atom stereocenters. The van der Waals surface area contributed by atoms with Crippen LogP contribution >= 0.6 is 0 Å². The summed E-state index contributed by atoms with van der Waals surface area (Å²) in [5, 5.41) is 9.89. The molecule has 0 fully saturated rings. The van der Waals surface area contributed by atoms with Gasteiger partial charge in [-0.3, -0.25) is 0 Å². The van der Waals surface area contributed by atoms with Crippen LogP contribution in [0.4, 0.5) is 0 Å². The number of aromatic hydroxyl groups is 1. The molecule has 1 aromatic rings. The molecule has 0 aliphatic heterocycles. The average Bonchev–Trinajstić information content (AvgIpc) is 3.24. The number of hydrogen-bond donors (Lipinski definition) is 1. The van der Waals surface area contributed by atoms with Crippen LogP contribution in [0, 0.1) is 0 Å². The summed E-state index contributed by atoms with van der Waals surface area (Å²) in [5.74, 6) is 1.06. The lowest BCUT2D eigenvalue weighted by molar-refractivity contribution is -0.0873. The van der Waals surface area contributed by atoms with Crippen molar-refractivity contribution < 1.29 is 14.6 Å². The van der Waals surface area contributed by atoms with Gasteiger partial charge in [-0.15, -0.1) is 0 Å². The molecule has 348 valence electrons. The van der Waals surface area contributed by atoms with Crippen LogP contribution in [-0.2, 0) is 4.74 Å². The zero-order valence-corrected chi connectivity index (χ0v) is 40.5. The highest BCUT2D eigenvalue weighted by molar-refractivity contribution is 5.30. The van der Waals surface area contributed by atoms with E-state index >= 15 is 0 Å². The van der Waals surface area contributed by atoms with Crippen molar-refractivity contribution in [2.45, 2.75) is 265 Å². The van der Waals surface area contributed by atoms with Crippen LogP contribution in [0.15, 0.2) is 24.3 Å². The van der Waals surface area contributed by atoms with Crippen LogP contribution in [0.25, 0.3) is 0 Å². The number of hydrogen-bond acceptors (Lipinski definition) is 5. The maximum atomic E-state index is 9.89. The van der Waals surface area contributed by atoms with E-state index in [4.69, 9.17) is 9.47 Å². The molecule has 0 aliphatic rings. The van der Waals surface area contributed by atoms with Crippen LogP contribution in [0.5, 0.6) is 11.5 Å². The molecule has 0 amide bonds. The lowest BCUT2D eigenvalue weighted by Gasteiger charge is -2.25. The molecule has 59 heavy (non-hydrogen) atoms. The Labute approximate surface area is 369 Å². The lowest BCUT2D eigenvalue weighted by atomic mass is 10.1. The molecule has 0 aromatic heterocycles. The van der Waals surface area contributed by atoms with Crippen molar-refractivity contribution in [2.75, 3.05) is 45.9 Å². The number of benzene rings is 1. The summed E-state index contributed by atoms with van der Waals surface area (Å²) in [6.45, 7) is 17.3. The largest absolute Gasteiger partial charge is 0.508 e. The van der Waals surface area contributed by atoms with Gasteiger partial charge in [0.1, 0.15) is 11.5 Å². The number of unbranched alkanes of at least 4 members (excludes halogenated alkanes) is 29. The minimum atomic E-state index is -0.251. The zero-order chi connectivity index (χ0) is 42.5. The lowest BCUT2D eigenvalue weighted by Crippen LogP contribution is -2.29. The van der Waals surface area contributed by atoms with Crippen molar-refractivity contribution in [3.05, 3.63) is 24.3 Å². The predicted octanol–water partition coefficient (Wildman–Crippen LogP) is 16.8. The van der Waals surface area contributed by atoms with Crippen molar-refractivity contribution >= 4 is 0 Å². The molecule has 1 rings (SSSR count). The van der Waals surface area contributed by atoms with Gasteiger partial charge in [-0.05, 0) is 108 Å². The third kappa shape index (κ3) is 38.1. The van der Waals surface area contributed by atoms with Gasteiger partial charge >= 0.3 is 0 Å². The number of phenols is 1. The summed E-state index contributed by atoms with van der Waals surface area (Å²) in [5.41, 5.74) is 0. The zero-order valence-electron chi connectivity index (χ0n) is 40.5. The van der Waals surface area contributed by atoms with E-state index in [9.17, 15) is 5.11 Å². The summed E-state index contributed by atoms with van der Waals surface area (Å²) in [4.78, 5) is 5.52. The van der Waals surface area contributed by atoms with Crippen molar-refractivity contribution in [3.63, 3.8) is 0 Å². The third-order valence-corrected chi connectivity index (χ3v) is 12.5. The van der Waals surface area contributed by atoms with Gasteiger partial charge in [0.25, 0.3) is 0 Å². The Morgan fingerprint density at radius 1 is 0.373 bits per heavy atom. The normalized spacial score (nSPS) is 12.3. The van der Waals surface area contributed by atoms with Crippen molar-refractivity contribution in [2.24, 2.45) is 0 Å². The highest BCUT2D eigenvalue weighted by Gasteiger charge is 2.14. The summed E-state index contributed by atoms with van der Waals surface area (Å²) in [6.07, 6.45) is 48.3. The molecule has 1 N–H and O–H groups in total. The quantitative estimate of drug-likeness (QED) is 0.0524. The van der Waals surface area contributed by atoms with Gasteiger partial charge in [0.15, 0.2) is 6.29 Å². The van der Waals surface area contributed by atoms with Crippen LogP contribution in [0.3, 0.4) is 0 Å². The van der Waals surface area contributed by atoms with Crippen molar-refractivity contribution in [1.29, 1.82) is 0 Å². The fourth-order valence-electron chi connectivity index (χ4n) is 8.53. The summed E-state index contributed by atoms with van der Waals surface area (Å²) in [6, 6.07) is 7.18. The number of phenolic OH excluding ortho intramolecular Hbond substituents is 1. The maximum absolute atomic E-state index is 9.89. The van der Waals surface area contributed by atoms with Gasteiger partial charge in [0.2, 0.25) is 0 Å². The number of ether oxygens (including phenoxy) is 2. The van der Waals surface area contributed by atoms with Crippen molar-refractivity contribution in [3.8, 4) is 11.5 Å². The molecule has 5 nitrogen and oxygen atoms in total. The van der Waals surface area contributed by atoms with Gasteiger partial charge in [-0.2, -0.15) is 0 Å². The van der Waals surface area contributed by atoms with Gasteiger partial charge in [-0.1, -0.05) is 207 Å². The van der Waals surface area contributed by atoms with E-state index in [1.54, 1.807) is 12.1 Å². The molecule has 0 bridgehead atoms. The fourth-order valence-corrected chi connectivity index (χ4v) is 8.53. The molecule has 0 heterocycles. The Morgan fingerprint density at radius 2 is 0.661 bits per heavy atom. The van der Waals surface area contributed by atoms with E-state index in [1.807, 2.05) is 12.1 Å². The van der Waals surface area contributed by atoms with Crippen LogP contribution in [0.1, 0.15) is 259 Å². The highest BCUT2D eigenvalue weighted by atomic mass is 16.7. The molecule has 1 atom stereocenters. The smallest absolute Gasteiger partial charge is 0.199 e. The first kappa shape index (κ1) is 55.7. The maximum Gasteiger partial charge on any atom is 0.199 e. The van der Waals surface area contributed by atoms with Gasteiger partial charge in [0.05, 0.1) is 6.61 Å². The Kier molecular flexibility index (Phi) is 42.3. The molecule has 0 spiro atoms. The van der Waals surface area contributed by atoms with E-state index in [2.05, 4.69) is 37.5 Å². The first-order valence-electron chi connectivity index (χ1n) is 26.6. The number of nitrogens with zero attached hydrogens (tertiary/aromatic N) is 2. The third-order valence-electron chi connectivity index (χ3n) is 12.5. The van der Waals surface area contributed by atoms with Crippen LogP contribution in [0.2, 0.25) is 0 Å².